The van der Waals surface area contributed by atoms with Gasteiger partial charge in [-0.25, -0.2) is 9.97 Å². The third-order valence-corrected chi connectivity index (χ3v) is 3.83. The summed E-state index contributed by atoms with van der Waals surface area (Å²) in [5, 5.41) is 0.655. The zero-order valence-electron chi connectivity index (χ0n) is 11.0. The van der Waals surface area contributed by atoms with Crippen LogP contribution in [0.1, 0.15) is 25.8 Å². The zero-order chi connectivity index (χ0) is 14.7. The Kier molecular flexibility index (Phi) is 5.38. The molecule has 0 aliphatic rings. The lowest BCUT2D eigenvalue weighted by molar-refractivity contribution is 0.0701. The smallest absolute Gasteiger partial charge is 0.160 e. The first-order chi connectivity index (χ1) is 9.52. The van der Waals surface area contributed by atoms with Crippen LogP contribution in [0.15, 0.2) is 28.7 Å². The van der Waals surface area contributed by atoms with E-state index in [-0.39, 0.29) is 6.10 Å². The molecule has 0 fully saturated rings. The highest BCUT2D eigenvalue weighted by Gasteiger charge is 2.17. The molecule has 2 aromatic rings. The molecule has 0 N–H and O–H groups in total. The molecule has 1 aromatic heterocycles. The quantitative estimate of drug-likeness (QED) is 0.679. The van der Waals surface area contributed by atoms with Crippen LogP contribution in [0.3, 0.4) is 0 Å². The summed E-state index contributed by atoms with van der Waals surface area (Å²) >= 11 is 15.9. The first kappa shape index (κ1) is 15.7. The van der Waals surface area contributed by atoms with E-state index >= 15 is 0 Å². The van der Waals surface area contributed by atoms with Crippen molar-refractivity contribution in [3.63, 3.8) is 0 Å². The van der Waals surface area contributed by atoms with Crippen molar-refractivity contribution in [1.29, 1.82) is 0 Å². The fraction of sp³-hybridized carbons (Fsp3) is 0.286. The largest absolute Gasteiger partial charge is 0.371 e. The fourth-order valence-electron chi connectivity index (χ4n) is 1.78. The Balaban J connectivity index is 2.43. The molecule has 1 heterocycles. The second-order valence-corrected chi connectivity index (χ2v) is 5.77. The molecule has 0 radical (unpaired) electrons. The van der Waals surface area contributed by atoms with Gasteiger partial charge in [0, 0.05) is 11.1 Å². The van der Waals surface area contributed by atoms with Gasteiger partial charge in [0.1, 0.15) is 16.4 Å². The van der Waals surface area contributed by atoms with Gasteiger partial charge in [0.05, 0.1) is 5.56 Å². The summed E-state index contributed by atoms with van der Waals surface area (Å²) in [5.41, 5.74) is 1.51. The minimum atomic E-state index is -0.242. The van der Waals surface area contributed by atoms with Gasteiger partial charge in [-0.05, 0) is 31.5 Å². The summed E-state index contributed by atoms with van der Waals surface area (Å²) in [6, 6.07) is 7.65. The Morgan fingerprint density at radius 1 is 1.15 bits per heavy atom. The number of ether oxygens (including phenoxy) is 1. The number of benzene rings is 1. The summed E-state index contributed by atoms with van der Waals surface area (Å²) < 4.78 is 6.43. The highest BCUT2D eigenvalue weighted by molar-refractivity contribution is 9.10. The average Bonchev–Trinajstić information content (AvgIpc) is 2.40. The lowest BCUT2D eigenvalue weighted by Gasteiger charge is -2.13. The van der Waals surface area contributed by atoms with E-state index in [1.54, 1.807) is 0 Å². The number of nitrogens with zero attached hydrogens (tertiary/aromatic N) is 2. The van der Waals surface area contributed by atoms with Gasteiger partial charge in [0.25, 0.3) is 0 Å². The molecule has 6 heteroatoms. The van der Waals surface area contributed by atoms with Gasteiger partial charge in [-0.15, -0.1) is 0 Å². The number of halogens is 3. The molecule has 1 atom stereocenters. The van der Waals surface area contributed by atoms with Crippen molar-refractivity contribution in [3.05, 3.63) is 44.9 Å². The van der Waals surface area contributed by atoms with E-state index in [1.165, 1.54) is 0 Å². The lowest BCUT2D eigenvalue weighted by atomic mass is 10.1. The molecule has 0 aliphatic heterocycles. The van der Waals surface area contributed by atoms with Crippen molar-refractivity contribution in [2.75, 3.05) is 6.61 Å². The summed E-state index contributed by atoms with van der Waals surface area (Å²) in [6.45, 7) is 4.36. The third kappa shape index (κ3) is 3.50. The van der Waals surface area contributed by atoms with Gasteiger partial charge in [0.15, 0.2) is 5.82 Å². The van der Waals surface area contributed by atoms with E-state index in [1.807, 2.05) is 38.1 Å². The molecule has 3 nitrogen and oxygen atoms in total. The molecule has 0 amide bonds. The normalized spacial score (nSPS) is 12.4. The van der Waals surface area contributed by atoms with Gasteiger partial charge < -0.3 is 4.74 Å². The van der Waals surface area contributed by atoms with E-state index in [0.717, 1.165) is 10.0 Å². The number of hydrogen-bond donors (Lipinski definition) is 0. The average molecular weight is 376 g/mol. The van der Waals surface area contributed by atoms with Crippen LogP contribution >= 0.6 is 39.1 Å². The van der Waals surface area contributed by atoms with Crippen molar-refractivity contribution in [2.45, 2.75) is 20.0 Å². The molecular weight excluding hydrogens is 363 g/mol. The van der Waals surface area contributed by atoms with Crippen molar-refractivity contribution in [2.24, 2.45) is 0 Å². The van der Waals surface area contributed by atoms with Gasteiger partial charge in [0.2, 0.25) is 0 Å². The predicted molar refractivity (Wildman–Crippen MR) is 85.2 cm³/mol. The zero-order valence-corrected chi connectivity index (χ0v) is 14.1. The summed E-state index contributed by atoms with van der Waals surface area (Å²) in [6.07, 6.45) is -0.242. The number of rotatable bonds is 4. The van der Waals surface area contributed by atoms with Crippen LogP contribution in [-0.2, 0) is 4.74 Å². The van der Waals surface area contributed by atoms with Crippen LogP contribution in [0.2, 0.25) is 10.3 Å². The maximum absolute atomic E-state index is 6.25. The van der Waals surface area contributed by atoms with Crippen LogP contribution in [0.25, 0.3) is 11.1 Å². The minimum Gasteiger partial charge on any atom is -0.371 e. The Bertz CT molecular complexity index is 582. The van der Waals surface area contributed by atoms with E-state index in [2.05, 4.69) is 25.9 Å². The SMILES string of the molecule is CCOC(C)c1nc(Cl)c(-c2ccc(Br)cc2)c(Cl)n1. The van der Waals surface area contributed by atoms with Gasteiger partial charge in [-0.1, -0.05) is 51.3 Å². The van der Waals surface area contributed by atoms with Crippen LogP contribution in [-0.4, -0.2) is 16.6 Å². The minimum absolute atomic E-state index is 0.242. The van der Waals surface area contributed by atoms with Crippen molar-refractivity contribution >= 4 is 39.1 Å². The monoisotopic (exact) mass is 374 g/mol. The lowest BCUT2D eigenvalue weighted by Crippen LogP contribution is -2.06. The van der Waals surface area contributed by atoms with E-state index in [0.29, 0.717) is 28.3 Å². The Morgan fingerprint density at radius 3 is 2.20 bits per heavy atom. The Morgan fingerprint density at radius 2 is 1.70 bits per heavy atom. The molecule has 106 valence electrons. The molecule has 2 rings (SSSR count). The maximum atomic E-state index is 6.25. The molecule has 20 heavy (non-hydrogen) atoms. The second-order valence-electron chi connectivity index (χ2n) is 4.14. The molecular formula is C14H13BrCl2N2O. The van der Waals surface area contributed by atoms with E-state index < -0.39 is 0 Å². The summed E-state index contributed by atoms with van der Waals surface area (Å²) in [5.74, 6) is 0.489. The molecule has 0 bridgehead atoms. The van der Waals surface area contributed by atoms with Crippen LogP contribution in [0.4, 0.5) is 0 Å². The van der Waals surface area contributed by atoms with Crippen LogP contribution < -0.4 is 0 Å². The molecule has 1 aromatic carbocycles. The van der Waals surface area contributed by atoms with Gasteiger partial charge >= 0.3 is 0 Å². The maximum Gasteiger partial charge on any atom is 0.160 e. The van der Waals surface area contributed by atoms with E-state index in [9.17, 15) is 0 Å². The molecule has 1 unspecified atom stereocenters. The Hall–Kier alpha value is -0.680. The Labute approximate surface area is 136 Å². The van der Waals surface area contributed by atoms with Gasteiger partial charge in [-0.3, -0.25) is 0 Å². The number of aromatic nitrogens is 2. The van der Waals surface area contributed by atoms with Gasteiger partial charge in [-0.2, -0.15) is 0 Å². The first-order valence-corrected chi connectivity index (χ1v) is 7.68. The third-order valence-electron chi connectivity index (χ3n) is 2.75. The first-order valence-electron chi connectivity index (χ1n) is 6.13. The number of hydrogen-bond acceptors (Lipinski definition) is 3. The highest BCUT2D eigenvalue weighted by atomic mass is 79.9. The molecule has 0 saturated heterocycles. The second kappa shape index (κ2) is 6.85. The molecule has 0 aliphatic carbocycles. The predicted octanol–water partition coefficient (Wildman–Crippen LogP) is 5.31. The van der Waals surface area contributed by atoms with Crippen LogP contribution in [0, 0.1) is 0 Å². The standard InChI is InChI=1S/C14H13BrCl2N2O/c1-3-20-8(2)14-18-12(16)11(13(17)19-14)9-4-6-10(15)7-5-9/h4-8H,3H2,1-2H3. The van der Waals surface area contributed by atoms with Crippen LogP contribution in [0.5, 0.6) is 0 Å². The van der Waals surface area contributed by atoms with Crippen molar-refractivity contribution < 1.29 is 4.74 Å². The highest BCUT2D eigenvalue weighted by Crippen LogP contribution is 2.34. The van der Waals surface area contributed by atoms with E-state index in [4.69, 9.17) is 27.9 Å². The van der Waals surface area contributed by atoms with Crippen molar-refractivity contribution in [3.8, 4) is 11.1 Å². The topological polar surface area (TPSA) is 35.0 Å². The summed E-state index contributed by atoms with van der Waals surface area (Å²) in [4.78, 5) is 8.57. The molecule has 0 saturated carbocycles. The van der Waals surface area contributed by atoms with Crippen molar-refractivity contribution in [1.82, 2.24) is 9.97 Å². The fourth-order valence-corrected chi connectivity index (χ4v) is 2.67. The summed E-state index contributed by atoms with van der Waals surface area (Å²) in [7, 11) is 0. The molecule has 0 spiro atoms.